The molecule has 0 aliphatic carbocycles. The molecule has 146 valence electrons. The first-order chi connectivity index (χ1) is 12.6. The summed E-state index contributed by atoms with van der Waals surface area (Å²) in [6.07, 6.45) is 1.10. The van der Waals surface area contributed by atoms with Gasteiger partial charge in [0.25, 0.3) is 0 Å². The van der Waals surface area contributed by atoms with E-state index in [0.717, 1.165) is 21.7 Å². The van der Waals surface area contributed by atoms with Crippen molar-refractivity contribution >= 4 is 27.3 Å². The maximum atomic E-state index is 12.7. The summed E-state index contributed by atoms with van der Waals surface area (Å²) in [5.41, 5.74) is 3.05. The summed E-state index contributed by atoms with van der Waals surface area (Å²) in [5.74, 6) is 0.291. The number of nitrogens with zero attached hydrogens (tertiary/aromatic N) is 1. The molecule has 0 bridgehead atoms. The Kier molecular flexibility index (Phi) is 6.49. The number of benzene rings is 2. The van der Waals surface area contributed by atoms with Crippen LogP contribution >= 0.6 is 0 Å². The number of hydrogen-bond donors (Lipinski definition) is 1. The van der Waals surface area contributed by atoms with E-state index in [1.165, 1.54) is 0 Å². The molecule has 1 amide bonds. The fourth-order valence-electron chi connectivity index (χ4n) is 2.72. The van der Waals surface area contributed by atoms with Crippen LogP contribution in [0.1, 0.15) is 25.0 Å². The number of carbonyl (C=O) groups is 1. The van der Waals surface area contributed by atoms with Crippen molar-refractivity contribution in [3.63, 3.8) is 0 Å². The van der Waals surface area contributed by atoms with Gasteiger partial charge in [-0.25, -0.2) is 8.42 Å². The van der Waals surface area contributed by atoms with Gasteiger partial charge >= 0.3 is 0 Å². The number of carbonyl (C=O) groups excluding carboxylic acids is 1. The van der Waals surface area contributed by atoms with Crippen LogP contribution in [-0.4, -0.2) is 33.2 Å². The molecule has 0 saturated carbocycles. The Bertz CT molecular complexity index is 908. The molecule has 0 radical (unpaired) electrons. The lowest BCUT2D eigenvalue weighted by Crippen LogP contribution is -2.45. The molecule has 7 heteroatoms. The average molecular weight is 391 g/mol. The number of aryl methyl sites for hydroxylation is 2. The fourth-order valence-corrected chi connectivity index (χ4v) is 3.89. The first-order valence-electron chi connectivity index (χ1n) is 8.74. The van der Waals surface area contributed by atoms with Crippen molar-refractivity contribution in [1.29, 1.82) is 0 Å². The molecule has 1 atom stereocenters. The minimum Gasteiger partial charge on any atom is -0.494 e. The summed E-state index contributed by atoms with van der Waals surface area (Å²) in [7, 11) is -3.65. The van der Waals surface area contributed by atoms with Gasteiger partial charge in [0.15, 0.2) is 0 Å². The maximum Gasteiger partial charge on any atom is 0.247 e. The van der Waals surface area contributed by atoms with Gasteiger partial charge in [-0.05, 0) is 75.2 Å². The lowest BCUT2D eigenvalue weighted by atomic mass is 10.1. The van der Waals surface area contributed by atoms with Gasteiger partial charge in [-0.15, -0.1) is 0 Å². The number of anilines is 2. The zero-order valence-electron chi connectivity index (χ0n) is 16.3. The van der Waals surface area contributed by atoms with Crippen molar-refractivity contribution in [2.45, 2.75) is 33.7 Å². The lowest BCUT2D eigenvalue weighted by molar-refractivity contribution is -0.116. The predicted octanol–water partition coefficient (Wildman–Crippen LogP) is 3.50. The van der Waals surface area contributed by atoms with Crippen molar-refractivity contribution < 1.29 is 17.9 Å². The molecule has 0 saturated heterocycles. The Morgan fingerprint density at radius 2 is 1.74 bits per heavy atom. The van der Waals surface area contributed by atoms with E-state index in [0.29, 0.717) is 23.7 Å². The minimum atomic E-state index is -3.65. The van der Waals surface area contributed by atoms with Crippen LogP contribution in [0, 0.1) is 13.8 Å². The smallest absolute Gasteiger partial charge is 0.247 e. The maximum absolute atomic E-state index is 12.7. The molecule has 0 spiro atoms. The number of sulfonamides is 1. The lowest BCUT2D eigenvalue weighted by Gasteiger charge is -2.28. The van der Waals surface area contributed by atoms with E-state index in [1.54, 1.807) is 43.3 Å². The molecule has 27 heavy (non-hydrogen) atoms. The standard InChI is InChI=1S/C20H26N2O4S/c1-6-26-19-11-8-17(9-12-19)21-20(23)16(4)22(27(5,24)25)18-10-7-14(2)15(3)13-18/h7-13,16H,6H2,1-5H3,(H,21,23)/t16-/m0/s1. The van der Waals surface area contributed by atoms with Gasteiger partial charge < -0.3 is 10.1 Å². The molecule has 2 aromatic carbocycles. The van der Waals surface area contributed by atoms with Crippen LogP contribution in [-0.2, 0) is 14.8 Å². The molecule has 2 rings (SSSR count). The number of amides is 1. The Morgan fingerprint density at radius 3 is 2.26 bits per heavy atom. The van der Waals surface area contributed by atoms with Crippen molar-refractivity contribution in [2.75, 3.05) is 22.5 Å². The molecular formula is C20H26N2O4S. The van der Waals surface area contributed by atoms with Crippen molar-refractivity contribution in [2.24, 2.45) is 0 Å². The molecule has 0 aromatic heterocycles. The summed E-state index contributed by atoms with van der Waals surface area (Å²) in [5, 5.41) is 2.76. The first-order valence-corrected chi connectivity index (χ1v) is 10.6. The van der Waals surface area contributed by atoms with Crippen LogP contribution < -0.4 is 14.4 Å². The van der Waals surface area contributed by atoms with Gasteiger partial charge in [-0.2, -0.15) is 0 Å². The summed E-state index contributed by atoms with van der Waals surface area (Å²) in [6.45, 7) is 7.88. The summed E-state index contributed by atoms with van der Waals surface area (Å²) >= 11 is 0. The Hall–Kier alpha value is -2.54. The highest BCUT2D eigenvalue weighted by Crippen LogP contribution is 2.24. The summed E-state index contributed by atoms with van der Waals surface area (Å²) in [4.78, 5) is 12.7. The number of hydrogen-bond acceptors (Lipinski definition) is 4. The van der Waals surface area contributed by atoms with Gasteiger partial charge in [-0.3, -0.25) is 9.10 Å². The zero-order valence-corrected chi connectivity index (χ0v) is 17.1. The minimum absolute atomic E-state index is 0.414. The van der Waals surface area contributed by atoms with Crippen LogP contribution in [0.15, 0.2) is 42.5 Å². The summed E-state index contributed by atoms with van der Waals surface area (Å²) in [6, 6.07) is 11.4. The van der Waals surface area contributed by atoms with E-state index in [1.807, 2.05) is 26.8 Å². The normalized spacial score (nSPS) is 12.3. The van der Waals surface area contributed by atoms with E-state index in [-0.39, 0.29) is 0 Å². The van der Waals surface area contributed by atoms with Crippen LogP contribution in [0.25, 0.3) is 0 Å². The molecule has 0 aliphatic heterocycles. The third-order valence-electron chi connectivity index (χ3n) is 4.27. The van der Waals surface area contributed by atoms with Gasteiger partial charge in [0.2, 0.25) is 15.9 Å². The van der Waals surface area contributed by atoms with Crippen LogP contribution in [0.4, 0.5) is 11.4 Å². The molecule has 6 nitrogen and oxygen atoms in total. The highest BCUT2D eigenvalue weighted by atomic mass is 32.2. The quantitative estimate of drug-likeness (QED) is 0.785. The zero-order chi connectivity index (χ0) is 20.2. The van der Waals surface area contributed by atoms with E-state index < -0.39 is 22.0 Å². The Labute approximate surface area is 161 Å². The largest absolute Gasteiger partial charge is 0.494 e. The molecule has 1 N–H and O–H groups in total. The Morgan fingerprint density at radius 1 is 1.11 bits per heavy atom. The van der Waals surface area contributed by atoms with Crippen molar-refractivity contribution in [3.05, 3.63) is 53.6 Å². The highest BCUT2D eigenvalue weighted by molar-refractivity contribution is 7.92. The molecule has 2 aromatic rings. The third kappa shape index (κ3) is 5.23. The van der Waals surface area contributed by atoms with E-state index in [4.69, 9.17) is 4.74 Å². The van der Waals surface area contributed by atoms with E-state index in [9.17, 15) is 13.2 Å². The monoisotopic (exact) mass is 390 g/mol. The topological polar surface area (TPSA) is 75.7 Å². The van der Waals surface area contributed by atoms with Crippen molar-refractivity contribution in [1.82, 2.24) is 0 Å². The molecule has 0 heterocycles. The van der Waals surface area contributed by atoms with Gasteiger partial charge in [0.1, 0.15) is 11.8 Å². The van der Waals surface area contributed by atoms with Crippen LogP contribution in [0.5, 0.6) is 5.75 Å². The van der Waals surface area contributed by atoms with Gasteiger partial charge in [-0.1, -0.05) is 6.07 Å². The molecule has 0 fully saturated rings. The average Bonchev–Trinajstić information content (AvgIpc) is 2.59. The second-order valence-corrected chi connectivity index (χ2v) is 8.31. The fraction of sp³-hybridized carbons (Fsp3) is 0.350. The van der Waals surface area contributed by atoms with Gasteiger partial charge in [0.05, 0.1) is 18.6 Å². The molecule has 0 unspecified atom stereocenters. The van der Waals surface area contributed by atoms with Crippen LogP contribution in [0.3, 0.4) is 0 Å². The summed E-state index contributed by atoms with van der Waals surface area (Å²) < 4.78 is 31.3. The number of rotatable bonds is 7. The molecular weight excluding hydrogens is 364 g/mol. The third-order valence-corrected chi connectivity index (χ3v) is 5.51. The predicted molar refractivity (Wildman–Crippen MR) is 109 cm³/mol. The number of nitrogens with one attached hydrogen (secondary N) is 1. The molecule has 0 aliphatic rings. The van der Waals surface area contributed by atoms with E-state index >= 15 is 0 Å². The van der Waals surface area contributed by atoms with Gasteiger partial charge in [0, 0.05) is 5.69 Å². The SMILES string of the molecule is CCOc1ccc(NC(=O)[C@H](C)N(c2ccc(C)c(C)c2)S(C)(=O)=O)cc1. The number of ether oxygens (including phenoxy) is 1. The highest BCUT2D eigenvalue weighted by Gasteiger charge is 2.29. The van der Waals surface area contributed by atoms with E-state index in [2.05, 4.69) is 5.32 Å². The Balaban J connectivity index is 2.25. The second kappa shape index (κ2) is 8.43. The first kappa shape index (κ1) is 20.8. The van der Waals surface area contributed by atoms with Crippen molar-refractivity contribution in [3.8, 4) is 5.75 Å². The van der Waals surface area contributed by atoms with Crippen LogP contribution in [0.2, 0.25) is 0 Å². The second-order valence-electron chi connectivity index (χ2n) is 6.45.